The number of hydrogen-bond acceptors (Lipinski definition) is 5. The monoisotopic (exact) mass is 395 g/mol. The first-order valence-electron chi connectivity index (χ1n) is 10.1. The summed E-state index contributed by atoms with van der Waals surface area (Å²) in [7, 11) is 1.55. The van der Waals surface area contributed by atoms with E-state index in [-0.39, 0.29) is 17.7 Å². The minimum absolute atomic E-state index is 0.187. The Bertz CT molecular complexity index is 877. The third-order valence-corrected chi connectivity index (χ3v) is 5.49. The lowest BCUT2D eigenvalue weighted by atomic mass is 9.84. The first kappa shape index (κ1) is 20.8. The Labute approximate surface area is 171 Å². The molecule has 1 aliphatic rings. The van der Waals surface area contributed by atoms with Gasteiger partial charge in [-0.3, -0.25) is 9.59 Å². The summed E-state index contributed by atoms with van der Waals surface area (Å²) in [4.78, 5) is 29.3. The summed E-state index contributed by atoms with van der Waals surface area (Å²) in [6.07, 6.45) is 6.85. The highest BCUT2D eigenvalue weighted by Gasteiger charge is 2.27. The van der Waals surface area contributed by atoms with Gasteiger partial charge in [-0.2, -0.15) is 0 Å². The van der Waals surface area contributed by atoms with E-state index in [0.29, 0.717) is 17.1 Å². The van der Waals surface area contributed by atoms with Gasteiger partial charge in [0.2, 0.25) is 5.91 Å². The molecule has 1 aromatic carbocycles. The molecule has 7 nitrogen and oxygen atoms in total. The maximum absolute atomic E-state index is 12.8. The molecule has 1 heterocycles. The van der Waals surface area contributed by atoms with E-state index >= 15 is 0 Å². The van der Waals surface area contributed by atoms with Crippen molar-refractivity contribution in [3.8, 4) is 0 Å². The summed E-state index contributed by atoms with van der Waals surface area (Å²) in [6.45, 7) is 1.98. The Morgan fingerprint density at radius 3 is 2.55 bits per heavy atom. The molecule has 0 spiro atoms. The third kappa shape index (κ3) is 5.12. The van der Waals surface area contributed by atoms with Crippen LogP contribution in [0.5, 0.6) is 0 Å². The van der Waals surface area contributed by atoms with Crippen LogP contribution < -0.4 is 21.7 Å². The first-order chi connectivity index (χ1) is 14.0. The Kier molecular flexibility index (Phi) is 6.82. The van der Waals surface area contributed by atoms with Crippen molar-refractivity contribution in [1.82, 2.24) is 10.3 Å². The van der Waals surface area contributed by atoms with Crippen LogP contribution in [0.3, 0.4) is 0 Å². The SMILES string of the molecule is CNC(=O)c1cnc(Nc2ccccc2C)c(NC(=O)[C@@H](N)C2CCCCC2)c1. The molecule has 3 rings (SSSR count). The van der Waals surface area contributed by atoms with E-state index in [1.165, 1.54) is 12.6 Å². The van der Waals surface area contributed by atoms with Gasteiger partial charge in [-0.15, -0.1) is 0 Å². The smallest absolute Gasteiger partial charge is 0.252 e. The van der Waals surface area contributed by atoms with Crippen molar-refractivity contribution in [2.24, 2.45) is 11.7 Å². The van der Waals surface area contributed by atoms with Gasteiger partial charge in [-0.05, 0) is 43.4 Å². The number of hydrogen-bond donors (Lipinski definition) is 4. The van der Waals surface area contributed by atoms with Gasteiger partial charge in [0, 0.05) is 18.9 Å². The quantitative estimate of drug-likeness (QED) is 0.600. The number of benzene rings is 1. The molecule has 0 unspecified atom stereocenters. The highest BCUT2D eigenvalue weighted by atomic mass is 16.2. The number of amides is 2. The second kappa shape index (κ2) is 9.52. The molecular weight excluding hydrogens is 366 g/mol. The molecule has 1 fully saturated rings. The van der Waals surface area contributed by atoms with Gasteiger partial charge in [0.1, 0.15) is 0 Å². The predicted octanol–water partition coefficient (Wildman–Crippen LogP) is 3.34. The molecule has 7 heteroatoms. The van der Waals surface area contributed by atoms with E-state index in [1.54, 1.807) is 13.1 Å². The molecule has 1 atom stereocenters. The standard InChI is InChI=1S/C22H29N5O2/c1-14-8-6-7-11-17(14)26-20-18(12-16(13-25-20)21(28)24-2)27-22(29)19(23)15-9-4-3-5-10-15/h6-8,11-13,15,19H,3-5,9-10,23H2,1-2H3,(H,24,28)(H,25,26)(H,27,29)/t19-/m0/s1. The van der Waals surface area contributed by atoms with Crippen LogP contribution in [0, 0.1) is 12.8 Å². The van der Waals surface area contributed by atoms with Crippen LogP contribution in [0.15, 0.2) is 36.5 Å². The van der Waals surface area contributed by atoms with Gasteiger partial charge in [-0.1, -0.05) is 37.5 Å². The summed E-state index contributed by atoms with van der Waals surface area (Å²) < 4.78 is 0. The van der Waals surface area contributed by atoms with E-state index in [1.807, 2.05) is 31.2 Å². The first-order valence-corrected chi connectivity index (χ1v) is 10.1. The molecule has 1 saturated carbocycles. The molecule has 154 valence electrons. The van der Waals surface area contributed by atoms with Crippen LogP contribution >= 0.6 is 0 Å². The van der Waals surface area contributed by atoms with Crippen LogP contribution in [-0.2, 0) is 4.79 Å². The molecule has 2 aromatic rings. The average Bonchev–Trinajstić information content (AvgIpc) is 2.75. The van der Waals surface area contributed by atoms with Crippen molar-refractivity contribution < 1.29 is 9.59 Å². The fourth-order valence-corrected chi connectivity index (χ4v) is 3.69. The van der Waals surface area contributed by atoms with Gasteiger partial charge in [0.25, 0.3) is 5.91 Å². The molecule has 1 aromatic heterocycles. The number of aromatic nitrogens is 1. The van der Waals surface area contributed by atoms with Gasteiger partial charge < -0.3 is 21.7 Å². The second-order valence-corrected chi connectivity index (χ2v) is 7.55. The maximum Gasteiger partial charge on any atom is 0.252 e. The molecule has 0 bridgehead atoms. The lowest BCUT2D eigenvalue weighted by Crippen LogP contribution is -2.42. The maximum atomic E-state index is 12.8. The average molecular weight is 396 g/mol. The second-order valence-electron chi connectivity index (χ2n) is 7.55. The highest BCUT2D eigenvalue weighted by Crippen LogP contribution is 2.29. The van der Waals surface area contributed by atoms with Gasteiger partial charge in [-0.25, -0.2) is 4.98 Å². The Morgan fingerprint density at radius 1 is 1.14 bits per heavy atom. The zero-order chi connectivity index (χ0) is 20.8. The lowest BCUT2D eigenvalue weighted by molar-refractivity contribution is -0.118. The number of para-hydroxylation sites is 1. The summed E-state index contributed by atoms with van der Waals surface area (Å²) in [6, 6.07) is 8.84. The number of nitrogens with two attached hydrogens (primary N) is 1. The van der Waals surface area contributed by atoms with E-state index < -0.39 is 6.04 Å². The molecule has 1 aliphatic carbocycles. The number of carbonyl (C=O) groups is 2. The van der Waals surface area contributed by atoms with Gasteiger partial charge in [0.15, 0.2) is 5.82 Å². The molecule has 0 saturated heterocycles. The van der Waals surface area contributed by atoms with E-state index in [4.69, 9.17) is 5.73 Å². The van der Waals surface area contributed by atoms with Gasteiger partial charge in [0.05, 0.1) is 17.3 Å². The Hall–Kier alpha value is -2.93. The third-order valence-electron chi connectivity index (χ3n) is 5.49. The fourth-order valence-electron chi connectivity index (χ4n) is 3.69. The molecular formula is C22H29N5O2. The number of aryl methyl sites for hydroxylation is 1. The molecule has 0 radical (unpaired) electrons. The van der Waals surface area contributed by atoms with E-state index in [0.717, 1.165) is 36.9 Å². The van der Waals surface area contributed by atoms with Crippen LogP contribution in [-0.4, -0.2) is 29.9 Å². The normalized spacial score (nSPS) is 15.4. The topological polar surface area (TPSA) is 109 Å². The fraction of sp³-hybridized carbons (Fsp3) is 0.409. The van der Waals surface area contributed by atoms with Crippen molar-refractivity contribution in [3.63, 3.8) is 0 Å². The van der Waals surface area contributed by atoms with E-state index in [2.05, 4.69) is 20.9 Å². The van der Waals surface area contributed by atoms with Crippen LogP contribution in [0.2, 0.25) is 0 Å². The van der Waals surface area contributed by atoms with Gasteiger partial charge >= 0.3 is 0 Å². The largest absolute Gasteiger partial charge is 0.355 e. The number of nitrogens with one attached hydrogen (secondary N) is 3. The Balaban J connectivity index is 1.86. The summed E-state index contributed by atoms with van der Waals surface area (Å²) in [5, 5.41) is 8.73. The molecule has 29 heavy (non-hydrogen) atoms. The van der Waals surface area contributed by atoms with Crippen molar-refractivity contribution in [2.75, 3.05) is 17.7 Å². The van der Waals surface area contributed by atoms with Crippen LogP contribution in [0.25, 0.3) is 0 Å². The summed E-state index contributed by atoms with van der Waals surface area (Å²) in [5.41, 5.74) is 8.98. The van der Waals surface area contributed by atoms with Crippen molar-refractivity contribution in [2.45, 2.75) is 45.1 Å². The summed E-state index contributed by atoms with van der Waals surface area (Å²) >= 11 is 0. The number of carbonyl (C=O) groups excluding carboxylic acids is 2. The number of nitrogens with zero attached hydrogens (tertiary/aromatic N) is 1. The summed E-state index contributed by atoms with van der Waals surface area (Å²) in [5.74, 6) is 0.135. The molecule has 2 amide bonds. The van der Waals surface area contributed by atoms with Crippen molar-refractivity contribution >= 4 is 29.0 Å². The number of anilines is 3. The van der Waals surface area contributed by atoms with Crippen molar-refractivity contribution in [3.05, 3.63) is 47.7 Å². The number of rotatable bonds is 6. The minimum Gasteiger partial charge on any atom is -0.355 e. The highest BCUT2D eigenvalue weighted by molar-refractivity contribution is 6.00. The zero-order valence-electron chi connectivity index (χ0n) is 17.0. The van der Waals surface area contributed by atoms with E-state index in [9.17, 15) is 9.59 Å². The minimum atomic E-state index is -0.578. The zero-order valence-corrected chi connectivity index (χ0v) is 17.0. The number of pyridine rings is 1. The molecule has 0 aliphatic heterocycles. The van der Waals surface area contributed by atoms with Crippen LogP contribution in [0.1, 0.15) is 48.0 Å². The Morgan fingerprint density at radius 2 is 1.86 bits per heavy atom. The molecule has 5 N–H and O–H groups in total. The lowest BCUT2D eigenvalue weighted by Gasteiger charge is -2.27. The van der Waals surface area contributed by atoms with Crippen LogP contribution in [0.4, 0.5) is 17.2 Å². The predicted molar refractivity (Wildman–Crippen MR) is 115 cm³/mol. The van der Waals surface area contributed by atoms with Crippen molar-refractivity contribution in [1.29, 1.82) is 0 Å².